The Hall–Kier alpha value is -1.20. The molecule has 1 unspecified atom stereocenters. The Morgan fingerprint density at radius 1 is 1.56 bits per heavy atom. The van der Waals surface area contributed by atoms with Crippen LogP contribution in [-0.2, 0) is 0 Å². The molecule has 0 heterocycles. The summed E-state index contributed by atoms with van der Waals surface area (Å²) in [6.45, 7) is 3.70. The number of aryl methyl sites for hydroxylation is 1. The molecule has 0 bridgehead atoms. The highest BCUT2D eigenvalue weighted by Crippen LogP contribution is 2.29. The lowest BCUT2D eigenvalue weighted by molar-refractivity contribution is 0.0697. The molecule has 0 aliphatic heterocycles. The molecule has 1 aromatic carbocycles. The van der Waals surface area contributed by atoms with E-state index in [1.807, 2.05) is 13.0 Å². The standard InChI is InChI=1S/C11H15NO3S/c1-6-3-8(16-7(2)5-13)4-9(10(6)12)11(14)15/h3-4,7,13H,5,12H2,1-2H3,(H,14,15). The number of carboxylic acids is 1. The van der Waals surface area contributed by atoms with E-state index in [0.717, 1.165) is 10.5 Å². The summed E-state index contributed by atoms with van der Waals surface area (Å²) in [7, 11) is 0. The number of anilines is 1. The maximum atomic E-state index is 10.9. The Balaban J connectivity index is 3.09. The third-order valence-corrected chi connectivity index (χ3v) is 3.24. The first-order chi connectivity index (χ1) is 7.45. The number of thioether (sulfide) groups is 1. The summed E-state index contributed by atoms with van der Waals surface area (Å²) in [5.74, 6) is -1.03. The first kappa shape index (κ1) is 12.9. The number of nitrogen functional groups attached to an aromatic ring is 1. The predicted octanol–water partition coefficient (Wildman–Crippen LogP) is 1.75. The summed E-state index contributed by atoms with van der Waals surface area (Å²) >= 11 is 1.43. The summed E-state index contributed by atoms with van der Waals surface area (Å²) in [6.07, 6.45) is 0. The molecule has 0 saturated heterocycles. The average Bonchev–Trinajstić information content (AvgIpc) is 2.22. The molecule has 0 spiro atoms. The second kappa shape index (κ2) is 5.23. The largest absolute Gasteiger partial charge is 0.478 e. The van der Waals surface area contributed by atoms with E-state index in [0.29, 0.717) is 5.69 Å². The Morgan fingerprint density at radius 3 is 2.69 bits per heavy atom. The summed E-state index contributed by atoms with van der Waals surface area (Å²) < 4.78 is 0. The lowest BCUT2D eigenvalue weighted by atomic mass is 10.1. The highest BCUT2D eigenvalue weighted by atomic mass is 32.2. The zero-order valence-corrected chi connectivity index (χ0v) is 10.0. The van der Waals surface area contributed by atoms with Crippen molar-refractivity contribution in [1.82, 2.24) is 0 Å². The molecule has 16 heavy (non-hydrogen) atoms. The van der Waals surface area contributed by atoms with Crippen LogP contribution >= 0.6 is 11.8 Å². The predicted molar refractivity (Wildman–Crippen MR) is 65.0 cm³/mol. The third-order valence-electron chi connectivity index (χ3n) is 2.19. The van der Waals surface area contributed by atoms with Crippen LogP contribution in [0, 0.1) is 6.92 Å². The van der Waals surface area contributed by atoms with E-state index in [2.05, 4.69) is 0 Å². The molecule has 0 radical (unpaired) electrons. The van der Waals surface area contributed by atoms with Crippen LogP contribution in [0.5, 0.6) is 0 Å². The number of benzene rings is 1. The summed E-state index contributed by atoms with van der Waals surface area (Å²) in [4.78, 5) is 11.8. The molecule has 0 amide bonds. The topological polar surface area (TPSA) is 83.5 Å². The van der Waals surface area contributed by atoms with Crippen LogP contribution in [0.25, 0.3) is 0 Å². The number of hydrogen-bond donors (Lipinski definition) is 3. The van der Waals surface area contributed by atoms with Crippen LogP contribution in [0.2, 0.25) is 0 Å². The fraction of sp³-hybridized carbons (Fsp3) is 0.364. The smallest absolute Gasteiger partial charge is 0.337 e. The first-order valence-electron chi connectivity index (χ1n) is 4.86. The van der Waals surface area contributed by atoms with Crippen molar-refractivity contribution in [3.05, 3.63) is 23.3 Å². The number of carboxylic acid groups (broad SMARTS) is 1. The Bertz CT molecular complexity index is 406. The van der Waals surface area contributed by atoms with Gasteiger partial charge in [-0.15, -0.1) is 11.8 Å². The van der Waals surface area contributed by atoms with Gasteiger partial charge in [-0.25, -0.2) is 4.79 Å². The molecule has 1 rings (SSSR count). The van der Waals surface area contributed by atoms with Gasteiger partial charge in [0, 0.05) is 15.8 Å². The van der Waals surface area contributed by atoms with Gasteiger partial charge in [0.15, 0.2) is 0 Å². The van der Waals surface area contributed by atoms with E-state index < -0.39 is 5.97 Å². The molecule has 0 aromatic heterocycles. The van der Waals surface area contributed by atoms with Gasteiger partial charge in [0.05, 0.1) is 12.2 Å². The number of hydrogen-bond acceptors (Lipinski definition) is 4. The van der Waals surface area contributed by atoms with E-state index in [4.69, 9.17) is 15.9 Å². The zero-order valence-electron chi connectivity index (χ0n) is 9.23. The van der Waals surface area contributed by atoms with Crippen molar-refractivity contribution in [2.24, 2.45) is 0 Å². The molecular formula is C11H15NO3S. The monoisotopic (exact) mass is 241 g/mol. The summed E-state index contributed by atoms with van der Waals surface area (Å²) in [5, 5.41) is 17.9. The molecule has 88 valence electrons. The molecule has 0 aliphatic carbocycles. The van der Waals surface area contributed by atoms with Gasteiger partial charge in [0.1, 0.15) is 0 Å². The lowest BCUT2D eigenvalue weighted by Gasteiger charge is -2.11. The van der Waals surface area contributed by atoms with Crippen molar-refractivity contribution in [3.8, 4) is 0 Å². The minimum atomic E-state index is -1.03. The second-order valence-corrected chi connectivity index (χ2v) is 5.13. The van der Waals surface area contributed by atoms with E-state index >= 15 is 0 Å². The van der Waals surface area contributed by atoms with Crippen LogP contribution < -0.4 is 5.73 Å². The number of rotatable bonds is 4. The number of nitrogens with two attached hydrogens (primary N) is 1. The van der Waals surface area contributed by atoms with Gasteiger partial charge in [0.2, 0.25) is 0 Å². The molecule has 0 aliphatic rings. The van der Waals surface area contributed by atoms with Crippen molar-refractivity contribution in [3.63, 3.8) is 0 Å². The number of aliphatic hydroxyl groups excluding tert-OH is 1. The van der Waals surface area contributed by atoms with Crippen molar-refractivity contribution >= 4 is 23.4 Å². The minimum Gasteiger partial charge on any atom is -0.478 e. The van der Waals surface area contributed by atoms with Crippen molar-refractivity contribution in [2.75, 3.05) is 12.3 Å². The van der Waals surface area contributed by atoms with Crippen molar-refractivity contribution < 1.29 is 15.0 Å². The Morgan fingerprint density at radius 2 is 2.19 bits per heavy atom. The lowest BCUT2D eigenvalue weighted by Crippen LogP contribution is -2.06. The molecule has 1 aromatic rings. The van der Waals surface area contributed by atoms with Crippen molar-refractivity contribution in [1.29, 1.82) is 0 Å². The van der Waals surface area contributed by atoms with E-state index in [1.54, 1.807) is 13.0 Å². The molecule has 5 heteroatoms. The maximum Gasteiger partial charge on any atom is 0.337 e. The van der Waals surface area contributed by atoms with Gasteiger partial charge in [-0.05, 0) is 24.6 Å². The molecule has 1 atom stereocenters. The van der Waals surface area contributed by atoms with Crippen LogP contribution in [0.1, 0.15) is 22.8 Å². The Kier molecular flexibility index (Phi) is 4.20. The fourth-order valence-electron chi connectivity index (χ4n) is 1.28. The van der Waals surface area contributed by atoms with E-state index in [1.165, 1.54) is 11.8 Å². The molecule has 0 saturated carbocycles. The second-order valence-electron chi connectivity index (χ2n) is 3.62. The normalized spacial score (nSPS) is 12.4. The Labute approximate surface area is 98.5 Å². The van der Waals surface area contributed by atoms with Gasteiger partial charge in [-0.1, -0.05) is 6.92 Å². The van der Waals surface area contributed by atoms with Crippen LogP contribution in [0.4, 0.5) is 5.69 Å². The number of carbonyl (C=O) groups is 1. The molecule has 4 nitrogen and oxygen atoms in total. The zero-order chi connectivity index (χ0) is 12.3. The highest BCUT2D eigenvalue weighted by molar-refractivity contribution is 8.00. The highest BCUT2D eigenvalue weighted by Gasteiger charge is 2.13. The third kappa shape index (κ3) is 2.90. The van der Waals surface area contributed by atoms with Gasteiger partial charge in [-0.2, -0.15) is 0 Å². The molecule has 0 fully saturated rings. The van der Waals surface area contributed by atoms with Gasteiger partial charge in [0.25, 0.3) is 0 Å². The average molecular weight is 241 g/mol. The SMILES string of the molecule is Cc1cc(SC(C)CO)cc(C(=O)O)c1N. The molecule has 4 N–H and O–H groups in total. The van der Waals surface area contributed by atoms with Gasteiger partial charge >= 0.3 is 5.97 Å². The number of aromatic carboxylic acids is 1. The van der Waals surface area contributed by atoms with Crippen LogP contribution in [0.15, 0.2) is 17.0 Å². The molecular weight excluding hydrogens is 226 g/mol. The quantitative estimate of drug-likeness (QED) is 0.552. The summed E-state index contributed by atoms with van der Waals surface area (Å²) in [5.41, 5.74) is 6.84. The number of aliphatic hydroxyl groups is 1. The van der Waals surface area contributed by atoms with Gasteiger partial charge < -0.3 is 15.9 Å². The van der Waals surface area contributed by atoms with Crippen LogP contribution in [-0.4, -0.2) is 28.0 Å². The van der Waals surface area contributed by atoms with E-state index in [9.17, 15) is 4.79 Å². The van der Waals surface area contributed by atoms with E-state index in [-0.39, 0.29) is 17.4 Å². The first-order valence-corrected chi connectivity index (χ1v) is 5.74. The minimum absolute atomic E-state index is 0.0321. The maximum absolute atomic E-state index is 10.9. The van der Waals surface area contributed by atoms with Crippen molar-refractivity contribution in [2.45, 2.75) is 24.0 Å². The fourth-order valence-corrected chi connectivity index (χ4v) is 2.25. The van der Waals surface area contributed by atoms with Crippen LogP contribution in [0.3, 0.4) is 0 Å². The van der Waals surface area contributed by atoms with Gasteiger partial charge in [-0.3, -0.25) is 0 Å². The summed E-state index contributed by atoms with van der Waals surface area (Å²) in [6, 6.07) is 3.38.